The third kappa shape index (κ3) is 5.38. The van der Waals surface area contributed by atoms with E-state index in [1.165, 1.54) is 51.4 Å². The maximum absolute atomic E-state index is 12.9. The highest BCUT2D eigenvalue weighted by atomic mass is 16.7. The molecule has 1 heterocycles. The van der Waals surface area contributed by atoms with Gasteiger partial charge in [0.05, 0.1) is 37.5 Å². The molecule has 272 valence electrons. The van der Waals surface area contributed by atoms with Crippen molar-refractivity contribution >= 4 is 12.2 Å². The molecule has 0 aromatic carbocycles. The molecule has 1 saturated heterocycles. The number of aldehydes is 1. The number of morpholine rings is 1. The molecule has 0 bridgehead atoms. The van der Waals surface area contributed by atoms with E-state index in [2.05, 4.69) is 39.9 Å². The van der Waals surface area contributed by atoms with Crippen LogP contribution < -0.4 is 5.32 Å². The molecule has 6 saturated carbocycles. The number of carbonyl (C=O) groups excluding carboxylic acids is 2. The van der Waals surface area contributed by atoms with Gasteiger partial charge in [-0.05, 0) is 129 Å². The molecule has 48 heavy (non-hydrogen) atoms. The van der Waals surface area contributed by atoms with Crippen LogP contribution in [0.5, 0.6) is 0 Å². The van der Waals surface area contributed by atoms with Gasteiger partial charge in [-0.1, -0.05) is 34.6 Å². The van der Waals surface area contributed by atoms with Gasteiger partial charge in [0.1, 0.15) is 6.29 Å². The van der Waals surface area contributed by atoms with E-state index in [0.29, 0.717) is 73.1 Å². The molecule has 0 aromatic rings. The summed E-state index contributed by atoms with van der Waals surface area (Å²) < 4.78 is 18.9. The van der Waals surface area contributed by atoms with Gasteiger partial charge in [-0.15, -0.1) is 0 Å². The van der Waals surface area contributed by atoms with Crippen molar-refractivity contribution in [2.24, 2.45) is 56.7 Å². The van der Waals surface area contributed by atoms with Gasteiger partial charge < -0.3 is 34.3 Å². The third-order valence-electron chi connectivity index (χ3n) is 16.6. The lowest BCUT2D eigenvalue weighted by Gasteiger charge is -2.64. The number of methoxy groups -OCH3 is 1. The summed E-state index contributed by atoms with van der Waals surface area (Å²) in [6, 6.07) is -0.174. The van der Waals surface area contributed by atoms with Crippen molar-refractivity contribution in [2.75, 3.05) is 33.4 Å². The minimum absolute atomic E-state index is 0.0356. The molecule has 1 amide bonds. The SMILES string of the molecule is COC(CNC(C)C=O)C[C@@H](C)[C@H]1C[C@H](O)[C@@]2(C)C3CC[C@H]4C(C)(C)C(O[C@H]5CN(C(=O)CC6CC6)CCO5)CCC45CC35CCC12C. The molecule has 2 spiro atoms. The first kappa shape index (κ1) is 35.3. The van der Waals surface area contributed by atoms with Gasteiger partial charge in [0.2, 0.25) is 5.91 Å². The summed E-state index contributed by atoms with van der Waals surface area (Å²) in [6.45, 7) is 16.7. The summed E-state index contributed by atoms with van der Waals surface area (Å²) in [7, 11) is 1.78. The summed E-state index contributed by atoms with van der Waals surface area (Å²) in [4.78, 5) is 26.1. The number of carbonyl (C=O) groups is 2. The number of nitrogens with one attached hydrogen (secondary N) is 1. The van der Waals surface area contributed by atoms with Crippen LogP contribution in [0.2, 0.25) is 0 Å². The first-order valence-electron chi connectivity index (χ1n) is 19.7. The molecule has 13 atom stereocenters. The molecule has 2 N–H and O–H groups in total. The van der Waals surface area contributed by atoms with E-state index in [-0.39, 0.29) is 52.8 Å². The van der Waals surface area contributed by atoms with Crippen LogP contribution in [0.4, 0.5) is 0 Å². The van der Waals surface area contributed by atoms with E-state index >= 15 is 0 Å². The molecule has 8 heteroatoms. The zero-order chi connectivity index (χ0) is 34.3. The summed E-state index contributed by atoms with van der Waals surface area (Å²) in [5.41, 5.74) is 0.734. The number of aliphatic hydroxyl groups excluding tert-OH is 1. The highest BCUT2D eigenvalue weighted by molar-refractivity contribution is 5.76. The smallest absolute Gasteiger partial charge is 0.223 e. The minimum atomic E-state index is -0.325. The molecule has 8 nitrogen and oxygen atoms in total. The second-order valence-electron chi connectivity index (χ2n) is 18.9. The Labute approximate surface area is 290 Å². The standard InChI is InChI=1S/C40H66N2O6/c1-25(18-28(46-7)21-41-26(2)23-43)29-20-32(44)38(6)31-11-10-30-36(3,4)33(12-13-39(30)24-40(31,39)15-14-37(29,38)5)48-35-22-42(16-17-47-35)34(45)19-27-8-9-27/h23,25-33,35,41,44H,8-22,24H2,1-7H3/t25-,26?,28?,29-,30+,31?,32+,33?,35+,37?,38-,39?,40?/m1/s1. The van der Waals surface area contributed by atoms with Gasteiger partial charge in [-0.25, -0.2) is 0 Å². The normalized spacial score (nSPS) is 46.4. The first-order chi connectivity index (χ1) is 22.8. The van der Waals surface area contributed by atoms with Crippen LogP contribution in [0.3, 0.4) is 0 Å². The quantitative estimate of drug-likeness (QED) is 0.247. The van der Waals surface area contributed by atoms with Gasteiger partial charge in [-0.3, -0.25) is 4.79 Å². The number of aliphatic hydroxyl groups is 1. The number of rotatable bonds is 12. The number of fused-ring (bicyclic) bond motifs is 2. The first-order valence-corrected chi connectivity index (χ1v) is 19.7. The van der Waals surface area contributed by atoms with Gasteiger partial charge in [0.25, 0.3) is 0 Å². The van der Waals surface area contributed by atoms with Crippen LogP contribution in [0.1, 0.15) is 119 Å². The monoisotopic (exact) mass is 670 g/mol. The summed E-state index contributed by atoms with van der Waals surface area (Å²) >= 11 is 0. The number of hydrogen-bond acceptors (Lipinski definition) is 7. The highest BCUT2D eigenvalue weighted by Gasteiger charge is 2.83. The van der Waals surface area contributed by atoms with Gasteiger partial charge in [0.15, 0.2) is 6.29 Å². The Morgan fingerprint density at radius 2 is 1.77 bits per heavy atom. The summed E-state index contributed by atoms with van der Waals surface area (Å²) in [6.07, 6.45) is 13.9. The van der Waals surface area contributed by atoms with Crippen LogP contribution in [-0.2, 0) is 23.8 Å². The van der Waals surface area contributed by atoms with E-state index in [9.17, 15) is 14.7 Å². The molecule has 6 aliphatic carbocycles. The second-order valence-corrected chi connectivity index (χ2v) is 18.9. The van der Waals surface area contributed by atoms with E-state index in [0.717, 1.165) is 25.5 Å². The summed E-state index contributed by atoms with van der Waals surface area (Å²) in [5.74, 6) is 2.93. The van der Waals surface area contributed by atoms with Gasteiger partial charge in [-0.2, -0.15) is 0 Å². The zero-order valence-corrected chi connectivity index (χ0v) is 31.1. The average molecular weight is 671 g/mol. The average Bonchev–Trinajstić information content (AvgIpc) is 3.98. The van der Waals surface area contributed by atoms with Gasteiger partial charge in [0, 0.05) is 32.0 Å². The molecule has 1 aliphatic heterocycles. The number of hydrogen-bond donors (Lipinski definition) is 2. The maximum atomic E-state index is 12.9. The Morgan fingerprint density at radius 3 is 2.48 bits per heavy atom. The Kier molecular flexibility index (Phi) is 9.25. The van der Waals surface area contributed by atoms with Crippen molar-refractivity contribution in [2.45, 2.75) is 149 Å². The van der Waals surface area contributed by atoms with Crippen LogP contribution >= 0.6 is 0 Å². The van der Waals surface area contributed by atoms with Crippen LogP contribution in [0.25, 0.3) is 0 Å². The van der Waals surface area contributed by atoms with E-state index in [1.54, 1.807) is 7.11 Å². The molecule has 7 fully saturated rings. The van der Waals surface area contributed by atoms with Crippen molar-refractivity contribution < 1.29 is 28.9 Å². The third-order valence-corrected chi connectivity index (χ3v) is 16.6. The molecular formula is C40H66N2O6. The number of amides is 1. The Morgan fingerprint density at radius 1 is 1.04 bits per heavy atom. The van der Waals surface area contributed by atoms with Crippen molar-refractivity contribution in [3.63, 3.8) is 0 Å². The summed E-state index contributed by atoms with van der Waals surface area (Å²) in [5, 5.41) is 15.4. The Hall–Kier alpha value is -1.06. The molecule has 0 radical (unpaired) electrons. The predicted molar refractivity (Wildman–Crippen MR) is 185 cm³/mol. The van der Waals surface area contributed by atoms with Crippen molar-refractivity contribution in [3.8, 4) is 0 Å². The van der Waals surface area contributed by atoms with Crippen molar-refractivity contribution in [3.05, 3.63) is 0 Å². The zero-order valence-electron chi connectivity index (χ0n) is 31.1. The lowest BCUT2D eigenvalue weighted by Crippen LogP contribution is -2.60. The van der Waals surface area contributed by atoms with Gasteiger partial charge >= 0.3 is 0 Å². The number of ether oxygens (including phenoxy) is 3. The molecule has 7 rings (SSSR count). The van der Waals surface area contributed by atoms with Crippen LogP contribution in [0, 0.1) is 56.7 Å². The topological polar surface area (TPSA) is 97.3 Å². The molecular weight excluding hydrogens is 604 g/mol. The van der Waals surface area contributed by atoms with E-state index in [1.807, 2.05) is 11.8 Å². The largest absolute Gasteiger partial charge is 0.393 e. The maximum Gasteiger partial charge on any atom is 0.223 e. The highest BCUT2D eigenvalue weighted by Crippen LogP contribution is 2.89. The van der Waals surface area contributed by atoms with Crippen molar-refractivity contribution in [1.29, 1.82) is 0 Å². The fourth-order valence-corrected chi connectivity index (χ4v) is 13.5. The predicted octanol–water partition coefficient (Wildman–Crippen LogP) is 5.98. The molecule has 7 aliphatic rings. The lowest BCUT2D eigenvalue weighted by molar-refractivity contribution is -0.248. The fraction of sp³-hybridized carbons (Fsp3) is 0.950. The van der Waals surface area contributed by atoms with Crippen LogP contribution in [0.15, 0.2) is 0 Å². The minimum Gasteiger partial charge on any atom is -0.393 e. The fourth-order valence-electron chi connectivity index (χ4n) is 13.5. The molecule has 7 unspecified atom stereocenters. The molecule has 0 aromatic heterocycles. The van der Waals surface area contributed by atoms with Crippen molar-refractivity contribution in [1.82, 2.24) is 10.2 Å². The second kappa shape index (κ2) is 12.6. The van der Waals surface area contributed by atoms with E-state index < -0.39 is 0 Å². The van der Waals surface area contributed by atoms with E-state index in [4.69, 9.17) is 14.2 Å². The van der Waals surface area contributed by atoms with Crippen LogP contribution in [-0.4, -0.2) is 86.2 Å². The Bertz CT molecular complexity index is 1220. The lowest BCUT2D eigenvalue weighted by atomic mass is 9.41. The number of nitrogens with zero attached hydrogens (tertiary/aromatic N) is 1. The Balaban J connectivity index is 1.04.